The Balaban J connectivity index is 2.13. The van der Waals surface area contributed by atoms with E-state index < -0.39 is 0 Å². The van der Waals surface area contributed by atoms with Crippen LogP contribution < -0.4 is 10.2 Å². The van der Waals surface area contributed by atoms with Gasteiger partial charge in [-0.25, -0.2) is 4.98 Å². The third-order valence-corrected chi connectivity index (χ3v) is 4.29. The third-order valence-electron chi connectivity index (χ3n) is 3.86. The lowest BCUT2D eigenvalue weighted by atomic mass is 10.1. The molecular formula is C17H28BrN3. The first kappa shape index (κ1) is 16.8. The Morgan fingerprint density at radius 1 is 1.43 bits per heavy atom. The van der Waals surface area contributed by atoms with Gasteiger partial charge >= 0.3 is 0 Å². The van der Waals surface area contributed by atoms with Crippen LogP contribution in [0.15, 0.2) is 16.7 Å². The lowest BCUT2D eigenvalue weighted by Crippen LogP contribution is -2.30. The first-order chi connectivity index (χ1) is 10.1. The summed E-state index contributed by atoms with van der Waals surface area (Å²) in [6.07, 6.45) is 6.96. The Bertz CT molecular complexity index is 444. The molecule has 3 nitrogen and oxygen atoms in total. The molecular weight excluding hydrogens is 326 g/mol. The minimum atomic E-state index is 0.711. The van der Waals surface area contributed by atoms with E-state index in [9.17, 15) is 0 Å². The number of anilines is 1. The molecule has 21 heavy (non-hydrogen) atoms. The molecule has 2 rings (SSSR count). The minimum Gasteiger partial charge on any atom is -0.353 e. The van der Waals surface area contributed by atoms with Crippen LogP contribution in [0.3, 0.4) is 0 Å². The molecule has 0 radical (unpaired) electrons. The molecule has 1 aromatic rings. The van der Waals surface area contributed by atoms with Crippen molar-refractivity contribution in [2.45, 2.75) is 59.0 Å². The summed E-state index contributed by atoms with van der Waals surface area (Å²) in [5.74, 6) is 1.92. The van der Waals surface area contributed by atoms with Gasteiger partial charge in [-0.05, 0) is 60.1 Å². The van der Waals surface area contributed by atoms with E-state index in [-0.39, 0.29) is 0 Å². The van der Waals surface area contributed by atoms with Crippen molar-refractivity contribution >= 4 is 21.7 Å². The molecule has 0 aliphatic heterocycles. The van der Waals surface area contributed by atoms with Gasteiger partial charge in [0.05, 0.1) is 0 Å². The average molecular weight is 354 g/mol. The number of aromatic nitrogens is 1. The topological polar surface area (TPSA) is 28.2 Å². The highest BCUT2D eigenvalue weighted by Gasteiger charge is 2.31. The van der Waals surface area contributed by atoms with E-state index in [1.807, 2.05) is 6.20 Å². The smallest absolute Gasteiger partial charge is 0.133 e. The normalized spacial score (nSPS) is 14.7. The third kappa shape index (κ3) is 5.26. The molecule has 1 N–H and O–H groups in total. The molecule has 4 heteroatoms. The fourth-order valence-electron chi connectivity index (χ4n) is 2.51. The van der Waals surface area contributed by atoms with Crippen molar-refractivity contribution in [3.8, 4) is 0 Å². The maximum atomic E-state index is 4.74. The molecule has 0 saturated heterocycles. The largest absolute Gasteiger partial charge is 0.353 e. The van der Waals surface area contributed by atoms with Gasteiger partial charge in [-0.3, -0.25) is 0 Å². The fourth-order valence-corrected chi connectivity index (χ4v) is 2.89. The van der Waals surface area contributed by atoms with Gasteiger partial charge in [0, 0.05) is 35.4 Å². The first-order valence-electron chi connectivity index (χ1n) is 8.23. The van der Waals surface area contributed by atoms with Gasteiger partial charge in [-0.2, -0.15) is 0 Å². The van der Waals surface area contributed by atoms with Crippen molar-refractivity contribution < 1.29 is 0 Å². The number of nitrogens with zero attached hydrogens (tertiary/aromatic N) is 2. The van der Waals surface area contributed by atoms with Crippen molar-refractivity contribution in [3.05, 3.63) is 22.3 Å². The minimum absolute atomic E-state index is 0.711. The van der Waals surface area contributed by atoms with E-state index >= 15 is 0 Å². The zero-order chi connectivity index (χ0) is 15.2. The van der Waals surface area contributed by atoms with Crippen LogP contribution in [-0.4, -0.2) is 24.1 Å². The summed E-state index contributed by atoms with van der Waals surface area (Å²) < 4.78 is 1.07. The Morgan fingerprint density at radius 3 is 2.81 bits per heavy atom. The molecule has 0 amide bonds. The van der Waals surface area contributed by atoms with Gasteiger partial charge in [0.1, 0.15) is 5.82 Å². The molecule has 1 saturated carbocycles. The molecule has 0 unspecified atom stereocenters. The SMILES string of the molecule is CCCNCc1cc(Br)cnc1N(CCC(C)C)C1CC1. The van der Waals surface area contributed by atoms with Crippen LogP contribution in [0.1, 0.15) is 52.0 Å². The number of nitrogens with one attached hydrogen (secondary N) is 1. The molecule has 1 fully saturated rings. The van der Waals surface area contributed by atoms with Crippen molar-refractivity contribution in [2.24, 2.45) is 5.92 Å². The Hall–Kier alpha value is -0.610. The Kier molecular flexibility index (Phi) is 6.49. The maximum absolute atomic E-state index is 4.74. The quantitative estimate of drug-likeness (QED) is 0.668. The van der Waals surface area contributed by atoms with Crippen LogP contribution in [-0.2, 0) is 6.54 Å². The highest BCUT2D eigenvalue weighted by molar-refractivity contribution is 9.10. The molecule has 0 aromatic carbocycles. The number of rotatable bonds is 9. The first-order valence-corrected chi connectivity index (χ1v) is 9.03. The number of hydrogen-bond donors (Lipinski definition) is 1. The van der Waals surface area contributed by atoms with Crippen molar-refractivity contribution in [1.82, 2.24) is 10.3 Å². The Labute approximate surface area is 137 Å². The molecule has 1 heterocycles. The van der Waals surface area contributed by atoms with Crippen LogP contribution in [0.25, 0.3) is 0 Å². The second-order valence-corrected chi connectivity index (χ2v) is 7.34. The predicted molar refractivity (Wildman–Crippen MR) is 93.8 cm³/mol. The van der Waals surface area contributed by atoms with Crippen molar-refractivity contribution in [1.29, 1.82) is 0 Å². The maximum Gasteiger partial charge on any atom is 0.133 e. The molecule has 1 aliphatic carbocycles. The number of hydrogen-bond acceptors (Lipinski definition) is 3. The lowest BCUT2D eigenvalue weighted by Gasteiger charge is -2.27. The van der Waals surface area contributed by atoms with E-state index in [1.54, 1.807) is 0 Å². The average Bonchev–Trinajstić information content (AvgIpc) is 3.25. The summed E-state index contributed by atoms with van der Waals surface area (Å²) in [5.41, 5.74) is 1.31. The highest BCUT2D eigenvalue weighted by Crippen LogP contribution is 2.33. The zero-order valence-corrected chi connectivity index (χ0v) is 15.1. The van der Waals surface area contributed by atoms with Gasteiger partial charge in [0.15, 0.2) is 0 Å². The van der Waals surface area contributed by atoms with Crippen LogP contribution >= 0.6 is 15.9 Å². The summed E-state index contributed by atoms with van der Waals surface area (Å²) in [6.45, 7) is 9.87. The van der Waals surface area contributed by atoms with Crippen LogP contribution in [0.5, 0.6) is 0 Å². The van der Waals surface area contributed by atoms with Crippen LogP contribution in [0, 0.1) is 5.92 Å². The van der Waals surface area contributed by atoms with E-state index in [0.717, 1.165) is 36.4 Å². The second kappa shape index (κ2) is 8.14. The molecule has 0 atom stereocenters. The lowest BCUT2D eigenvalue weighted by molar-refractivity contribution is 0.566. The van der Waals surface area contributed by atoms with Gasteiger partial charge < -0.3 is 10.2 Å². The fraction of sp³-hybridized carbons (Fsp3) is 0.706. The Morgan fingerprint density at radius 2 is 2.19 bits per heavy atom. The standard InChI is InChI=1S/C17H28BrN3/c1-4-8-19-11-14-10-15(18)12-20-17(14)21(16-5-6-16)9-7-13(2)3/h10,12-13,16,19H,4-9,11H2,1-3H3. The van der Waals surface area contributed by atoms with Crippen LogP contribution in [0.4, 0.5) is 5.82 Å². The van der Waals surface area contributed by atoms with Crippen molar-refractivity contribution in [2.75, 3.05) is 18.0 Å². The van der Waals surface area contributed by atoms with E-state index in [4.69, 9.17) is 4.98 Å². The monoisotopic (exact) mass is 353 g/mol. The highest BCUT2D eigenvalue weighted by atomic mass is 79.9. The molecule has 1 aliphatic rings. The molecule has 0 spiro atoms. The zero-order valence-electron chi connectivity index (χ0n) is 13.5. The molecule has 118 valence electrons. The van der Waals surface area contributed by atoms with Gasteiger partial charge in [0.2, 0.25) is 0 Å². The summed E-state index contributed by atoms with van der Waals surface area (Å²) >= 11 is 3.56. The van der Waals surface area contributed by atoms with Gasteiger partial charge in [-0.15, -0.1) is 0 Å². The van der Waals surface area contributed by atoms with Gasteiger partial charge in [-0.1, -0.05) is 20.8 Å². The summed E-state index contributed by atoms with van der Waals surface area (Å²) in [5, 5.41) is 3.51. The van der Waals surface area contributed by atoms with Gasteiger partial charge in [0.25, 0.3) is 0 Å². The summed E-state index contributed by atoms with van der Waals surface area (Å²) in [4.78, 5) is 7.27. The van der Waals surface area contributed by atoms with E-state index in [2.05, 4.69) is 53.0 Å². The number of halogens is 1. The van der Waals surface area contributed by atoms with E-state index in [0.29, 0.717) is 6.04 Å². The second-order valence-electron chi connectivity index (χ2n) is 6.42. The summed E-state index contributed by atoms with van der Waals surface area (Å²) in [6, 6.07) is 2.93. The predicted octanol–water partition coefficient (Wildman–Crippen LogP) is 4.36. The number of pyridine rings is 1. The van der Waals surface area contributed by atoms with Crippen molar-refractivity contribution in [3.63, 3.8) is 0 Å². The molecule has 1 aromatic heterocycles. The van der Waals surface area contributed by atoms with Crippen LogP contribution in [0.2, 0.25) is 0 Å². The molecule has 0 bridgehead atoms. The summed E-state index contributed by atoms with van der Waals surface area (Å²) in [7, 11) is 0. The van der Waals surface area contributed by atoms with E-state index in [1.165, 1.54) is 30.6 Å².